The summed E-state index contributed by atoms with van der Waals surface area (Å²) in [5, 5.41) is 0. The second kappa shape index (κ2) is 9.31. The molecule has 0 aliphatic carbocycles. The van der Waals surface area contributed by atoms with Crippen molar-refractivity contribution >= 4 is 0 Å². The highest BCUT2D eigenvalue weighted by atomic mass is 16.5. The lowest BCUT2D eigenvalue weighted by Crippen LogP contribution is -1.99. The second-order valence-electron chi connectivity index (χ2n) is 5.52. The summed E-state index contributed by atoms with van der Waals surface area (Å²) in [7, 11) is 1.76. The molecule has 0 amide bonds. The zero-order valence-electron chi connectivity index (χ0n) is 12.2. The Labute approximate surface area is 108 Å². The summed E-state index contributed by atoms with van der Waals surface area (Å²) in [5.74, 6) is 6.47. The molecule has 0 fully saturated rings. The van der Waals surface area contributed by atoms with E-state index >= 15 is 0 Å². The fourth-order valence-electron chi connectivity index (χ4n) is 1.47. The summed E-state index contributed by atoms with van der Waals surface area (Å²) in [4.78, 5) is 0. The monoisotopic (exact) mass is 236 g/mol. The third kappa shape index (κ3) is 11.5. The molecule has 0 aromatic rings. The number of ether oxygens (including phenoxy) is 1. The molecule has 1 heteroatoms. The van der Waals surface area contributed by atoms with E-state index in [1.165, 1.54) is 24.8 Å². The Morgan fingerprint density at radius 1 is 1.18 bits per heavy atom. The third-order valence-electron chi connectivity index (χ3n) is 2.42. The van der Waals surface area contributed by atoms with Crippen LogP contribution >= 0.6 is 0 Å². The van der Waals surface area contributed by atoms with E-state index in [1.807, 2.05) is 0 Å². The lowest BCUT2D eigenvalue weighted by atomic mass is 9.97. The number of hydrogen-bond donors (Lipinski definition) is 0. The molecule has 0 atom stereocenters. The molecular weight excluding hydrogens is 208 g/mol. The highest BCUT2D eigenvalue weighted by molar-refractivity contribution is 5.23. The van der Waals surface area contributed by atoms with Crippen LogP contribution in [-0.2, 0) is 4.74 Å². The van der Waals surface area contributed by atoms with Gasteiger partial charge in [0.2, 0.25) is 0 Å². The van der Waals surface area contributed by atoms with Gasteiger partial charge in [-0.3, -0.25) is 0 Å². The maximum atomic E-state index is 5.09. The van der Waals surface area contributed by atoms with Gasteiger partial charge in [-0.25, -0.2) is 0 Å². The summed E-state index contributed by atoms with van der Waals surface area (Å²) in [5.41, 5.74) is 1.57. The van der Waals surface area contributed by atoms with Crippen LogP contribution in [-0.4, -0.2) is 13.7 Å². The van der Waals surface area contributed by atoms with Gasteiger partial charge in [-0.2, -0.15) is 0 Å². The molecular formula is C16H28O. The molecule has 0 saturated heterocycles. The van der Waals surface area contributed by atoms with Crippen LogP contribution in [0.4, 0.5) is 0 Å². The Balaban J connectivity index is 4.32. The van der Waals surface area contributed by atoms with Crippen molar-refractivity contribution in [1.29, 1.82) is 0 Å². The zero-order valence-corrected chi connectivity index (χ0v) is 12.2. The van der Waals surface area contributed by atoms with Gasteiger partial charge in [0.1, 0.15) is 0 Å². The highest BCUT2D eigenvalue weighted by Crippen LogP contribution is 2.14. The third-order valence-corrected chi connectivity index (χ3v) is 2.42. The van der Waals surface area contributed by atoms with Crippen LogP contribution in [0.2, 0.25) is 0 Å². The standard InChI is InChI=1S/C16H28O/c1-6-7-10-15(12-9-14-17-5)11-8-13-16(2,3)4/h11H,6-7,9-10,12,14H2,1-5H3/b15-11+. The fraction of sp³-hybridized carbons (Fsp3) is 0.750. The second-order valence-corrected chi connectivity index (χ2v) is 5.52. The first-order chi connectivity index (χ1) is 7.99. The summed E-state index contributed by atoms with van der Waals surface area (Å²) in [6, 6.07) is 0. The van der Waals surface area contributed by atoms with Gasteiger partial charge in [0.25, 0.3) is 0 Å². The van der Waals surface area contributed by atoms with E-state index in [2.05, 4.69) is 45.6 Å². The molecule has 0 spiro atoms. The number of hydrogen-bond acceptors (Lipinski definition) is 1. The van der Waals surface area contributed by atoms with Crippen molar-refractivity contribution in [2.45, 2.75) is 59.8 Å². The van der Waals surface area contributed by atoms with E-state index in [1.54, 1.807) is 7.11 Å². The largest absolute Gasteiger partial charge is 0.385 e. The van der Waals surface area contributed by atoms with Crippen LogP contribution in [0.3, 0.4) is 0 Å². The molecule has 17 heavy (non-hydrogen) atoms. The minimum Gasteiger partial charge on any atom is -0.385 e. The molecule has 0 saturated carbocycles. The van der Waals surface area contributed by atoms with E-state index < -0.39 is 0 Å². The van der Waals surface area contributed by atoms with Gasteiger partial charge >= 0.3 is 0 Å². The summed E-state index contributed by atoms with van der Waals surface area (Å²) in [6.45, 7) is 9.50. The van der Waals surface area contributed by atoms with Crippen LogP contribution < -0.4 is 0 Å². The summed E-state index contributed by atoms with van der Waals surface area (Å²) >= 11 is 0. The minimum atomic E-state index is 0.0961. The number of rotatable bonds is 7. The van der Waals surface area contributed by atoms with Crippen molar-refractivity contribution in [2.75, 3.05) is 13.7 Å². The van der Waals surface area contributed by atoms with Crippen LogP contribution in [0.25, 0.3) is 0 Å². The van der Waals surface area contributed by atoms with Gasteiger partial charge in [-0.05, 0) is 52.5 Å². The first kappa shape index (κ1) is 16.3. The average molecular weight is 236 g/mol. The predicted molar refractivity (Wildman–Crippen MR) is 75.9 cm³/mol. The summed E-state index contributed by atoms with van der Waals surface area (Å²) in [6.07, 6.45) is 8.02. The Hall–Kier alpha value is -0.740. The summed E-state index contributed by atoms with van der Waals surface area (Å²) < 4.78 is 5.09. The molecule has 0 heterocycles. The molecule has 0 aromatic carbocycles. The molecule has 98 valence electrons. The SMILES string of the molecule is CCCC/C(=C\C#CC(C)(C)C)CCCOC. The molecule has 0 unspecified atom stereocenters. The first-order valence-electron chi connectivity index (χ1n) is 6.69. The van der Waals surface area contributed by atoms with Crippen molar-refractivity contribution < 1.29 is 4.74 Å². The normalized spacial score (nSPS) is 12.2. The number of unbranched alkanes of at least 4 members (excludes halogenated alkanes) is 1. The molecule has 0 aliphatic heterocycles. The molecule has 0 aromatic heterocycles. The molecule has 0 radical (unpaired) electrons. The van der Waals surface area contributed by atoms with E-state index in [9.17, 15) is 0 Å². The molecule has 0 bridgehead atoms. The van der Waals surface area contributed by atoms with Gasteiger partial charge in [-0.1, -0.05) is 30.8 Å². The highest BCUT2D eigenvalue weighted by Gasteiger charge is 2.03. The van der Waals surface area contributed by atoms with E-state index in [0.717, 1.165) is 19.4 Å². The Bertz CT molecular complexity index is 270. The van der Waals surface area contributed by atoms with Gasteiger partial charge in [0.15, 0.2) is 0 Å². The predicted octanol–water partition coefficient (Wildman–Crippen LogP) is 4.58. The van der Waals surface area contributed by atoms with Crippen molar-refractivity contribution in [2.24, 2.45) is 5.41 Å². The Kier molecular flexibility index (Phi) is 8.90. The topological polar surface area (TPSA) is 9.23 Å². The molecule has 0 rings (SSSR count). The van der Waals surface area contributed by atoms with Crippen molar-refractivity contribution in [1.82, 2.24) is 0 Å². The van der Waals surface area contributed by atoms with Crippen molar-refractivity contribution in [3.8, 4) is 11.8 Å². The van der Waals surface area contributed by atoms with Gasteiger partial charge in [0.05, 0.1) is 0 Å². The Morgan fingerprint density at radius 2 is 1.82 bits per heavy atom. The lowest BCUT2D eigenvalue weighted by Gasteiger charge is -2.07. The molecule has 0 N–H and O–H groups in total. The minimum absolute atomic E-state index is 0.0961. The van der Waals surface area contributed by atoms with E-state index in [4.69, 9.17) is 4.74 Å². The quantitative estimate of drug-likeness (QED) is 0.464. The van der Waals surface area contributed by atoms with Crippen LogP contribution in [0.1, 0.15) is 59.8 Å². The molecule has 0 aliphatic rings. The van der Waals surface area contributed by atoms with Crippen LogP contribution in [0, 0.1) is 17.3 Å². The van der Waals surface area contributed by atoms with Gasteiger partial charge < -0.3 is 4.74 Å². The van der Waals surface area contributed by atoms with Crippen LogP contribution in [0.5, 0.6) is 0 Å². The maximum absolute atomic E-state index is 5.09. The average Bonchev–Trinajstić information content (AvgIpc) is 2.23. The van der Waals surface area contributed by atoms with Gasteiger partial charge in [-0.15, -0.1) is 0 Å². The Morgan fingerprint density at radius 3 is 2.35 bits per heavy atom. The van der Waals surface area contributed by atoms with Crippen molar-refractivity contribution in [3.63, 3.8) is 0 Å². The van der Waals surface area contributed by atoms with E-state index in [0.29, 0.717) is 0 Å². The fourth-order valence-corrected chi connectivity index (χ4v) is 1.47. The van der Waals surface area contributed by atoms with Crippen LogP contribution in [0.15, 0.2) is 11.6 Å². The van der Waals surface area contributed by atoms with Gasteiger partial charge in [0, 0.05) is 19.1 Å². The maximum Gasteiger partial charge on any atom is 0.0465 e. The first-order valence-corrected chi connectivity index (χ1v) is 6.69. The number of methoxy groups -OCH3 is 1. The van der Waals surface area contributed by atoms with E-state index in [-0.39, 0.29) is 5.41 Å². The smallest absolute Gasteiger partial charge is 0.0465 e. The zero-order chi connectivity index (χ0) is 13.1. The number of allylic oxidation sites excluding steroid dienone is 2. The van der Waals surface area contributed by atoms with Crippen molar-refractivity contribution in [3.05, 3.63) is 11.6 Å². The molecule has 1 nitrogen and oxygen atoms in total. The lowest BCUT2D eigenvalue weighted by molar-refractivity contribution is 0.195.